The van der Waals surface area contributed by atoms with Crippen molar-refractivity contribution in [3.63, 3.8) is 0 Å². The van der Waals surface area contributed by atoms with Crippen molar-refractivity contribution < 1.29 is 0 Å². The molecular formula is C7H12N2. The van der Waals surface area contributed by atoms with Crippen molar-refractivity contribution >= 4 is 0 Å². The van der Waals surface area contributed by atoms with Crippen LogP contribution in [0.5, 0.6) is 0 Å². The summed E-state index contributed by atoms with van der Waals surface area (Å²) >= 11 is 0. The van der Waals surface area contributed by atoms with E-state index in [1.54, 1.807) is 0 Å². The first-order valence-corrected chi connectivity index (χ1v) is 3.08. The fourth-order valence-corrected chi connectivity index (χ4v) is 0.776. The van der Waals surface area contributed by atoms with E-state index in [-0.39, 0.29) is 0 Å². The van der Waals surface area contributed by atoms with Gasteiger partial charge < -0.3 is 10.2 Å². The van der Waals surface area contributed by atoms with Gasteiger partial charge in [-0.3, -0.25) is 0 Å². The smallest absolute Gasteiger partial charge is 0.0352 e. The van der Waals surface area contributed by atoms with E-state index in [1.165, 1.54) is 5.70 Å². The predicted octanol–water partition coefficient (Wildman–Crippen LogP) is 0.549. The van der Waals surface area contributed by atoms with Gasteiger partial charge in [0.05, 0.1) is 0 Å². The van der Waals surface area contributed by atoms with Crippen molar-refractivity contribution in [2.75, 3.05) is 20.6 Å². The monoisotopic (exact) mass is 124 g/mol. The van der Waals surface area contributed by atoms with Crippen LogP contribution < -0.4 is 5.32 Å². The third-order valence-corrected chi connectivity index (χ3v) is 1.32. The summed E-state index contributed by atoms with van der Waals surface area (Å²) in [7, 11) is 4.09. The average molecular weight is 124 g/mol. The molecule has 0 aliphatic carbocycles. The normalized spacial score (nSPS) is 16.4. The third kappa shape index (κ3) is 1.49. The molecule has 9 heavy (non-hydrogen) atoms. The largest absolute Gasteiger partial charge is 0.387 e. The van der Waals surface area contributed by atoms with Gasteiger partial charge in [0.15, 0.2) is 0 Å². The van der Waals surface area contributed by atoms with Crippen molar-refractivity contribution in [2.45, 2.75) is 0 Å². The van der Waals surface area contributed by atoms with Crippen LogP contribution in [0.3, 0.4) is 0 Å². The molecule has 1 aliphatic heterocycles. The molecule has 1 N–H and O–H groups in total. The van der Waals surface area contributed by atoms with Crippen molar-refractivity contribution in [2.24, 2.45) is 0 Å². The van der Waals surface area contributed by atoms with Gasteiger partial charge in [0.1, 0.15) is 0 Å². The fourth-order valence-electron chi connectivity index (χ4n) is 0.776. The van der Waals surface area contributed by atoms with E-state index >= 15 is 0 Å². The van der Waals surface area contributed by atoms with E-state index in [0.717, 1.165) is 6.54 Å². The van der Waals surface area contributed by atoms with Crippen LogP contribution in [-0.2, 0) is 0 Å². The Bertz CT molecular complexity index is 145. The second-order valence-corrected chi connectivity index (χ2v) is 2.26. The highest BCUT2D eigenvalue weighted by Crippen LogP contribution is 2.01. The Hall–Kier alpha value is -0.920. The number of hydrogen-bond donors (Lipinski definition) is 1. The van der Waals surface area contributed by atoms with Crippen molar-refractivity contribution in [1.29, 1.82) is 0 Å². The molecule has 1 aliphatic rings. The van der Waals surface area contributed by atoms with Gasteiger partial charge in [-0.15, -0.1) is 0 Å². The molecule has 1 rings (SSSR count). The first-order valence-electron chi connectivity index (χ1n) is 3.08. The van der Waals surface area contributed by atoms with Gasteiger partial charge in [-0.25, -0.2) is 0 Å². The topological polar surface area (TPSA) is 15.3 Å². The van der Waals surface area contributed by atoms with Gasteiger partial charge in [-0.2, -0.15) is 0 Å². The SMILES string of the molecule is CN(C)C1=CCNC=C1. The van der Waals surface area contributed by atoms with Crippen LogP contribution in [0.2, 0.25) is 0 Å². The zero-order valence-electron chi connectivity index (χ0n) is 5.89. The second kappa shape index (κ2) is 2.58. The van der Waals surface area contributed by atoms with E-state index in [4.69, 9.17) is 0 Å². The summed E-state index contributed by atoms with van der Waals surface area (Å²) in [6, 6.07) is 0. The van der Waals surface area contributed by atoms with Crippen LogP contribution in [-0.4, -0.2) is 25.5 Å². The maximum Gasteiger partial charge on any atom is 0.0352 e. The minimum atomic E-state index is 0.948. The molecule has 0 atom stereocenters. The van der Waals surface area contributed by atoms with Gasteiger partial charge >= 0.3 is 0 Å². The molecule has 0 saturated heterocycles. The maximum absolute atomic E-state index is 3.09. The molecule has 1 heterocycles. The molecule has 0 fully saturated rings. The van der Waals surface area contributed by atoms with Gasteiger partial charge in [-0.05, 0) is 18.4 Å². The van der Waals surface area contributed by atoms with Crippen LogP contribution in [0.25, 0.3) is 0 Å². The van der Waals surface area contributed by atoms with E-state index in [9.17, 15) is 0 Å². The zero-order valence-corrected chi connectivity index (χ0v) is 5.89. The van der Waals surface area contributed by atoms with Gasteiger partial charge in [0, 0.05) is 26.3 Å². The van der Waals surface area contributed by atoms with Crippen molar-refractivity contribution in [3.8, 4) is 0 Å². The average Bonchev–Trinajstić information content (AvgIpc) is 1.90. The molecule has 0 aromatic heterocycles. The number of nitrogens with one attached hydrogen (secondary N) is 1. The van der Waals surface area contributed by atoms with Crippen LogP contribution in [0, 0.1) is 0 Å². The summed E-state index contributed by atoms with van der Waals surface area (Å²) in [4.78, 5) is 2.09. The van der Waals surface area contributed by atoms with Crippen molar-refractivity contribution in [1.82, 2.24) is 10.2 Å². The summed E-state index contributed by atoms with van der Waals surface area (Å²) in [6.45, 7) is 0.948. The standard InChI is InChI=1S/C7H12N2/c1-9(2)7-3-5-8-6-4-7/h3-5,8H,6H2,1-2H3. The molecule has 0 aromatic rings. The highest BCUT2D eigenvalue weighted by molar-refractivity contribution is 5.19. The minimum Gasteiger partial charge on any atom is -0.387 e. The first-order chi connectivity index (χ1) is 4.30. The lowest BCUT2D eigenvalue weighted by atomic mass is 10.3. The second-order valence-electron chi connectivity index (χ2n) is 2.26. The van der Waals surface area contributed by atoms with Crippen LogP contribution in [0.1, 0.15) is 0 Å². The Labute approximate surface area is 55.9 Å². The summed E-state index contributed by atoms with van der Waals surface area (Å²) in [5.41, 5.74) is 1.27. The Morgan fingerprint density at radius 3 is 2.67 bits per heavy atom. The lowest BCUT2D eigenvalue weighted by molar-refractivity contribution is 0.523. The Balaban J connectivity index is 2.58. The van der Waals surface area contributed by atoms with Crippen LogP contribution in [0.4, 0.5) is 0 Å². The van der Waals surface area contributed by atoms with Gasteiger partial charge in [-0.1, -0.05) is 0 Å². The molecule has 0 spiro atoms. The fraction of sp³-hybridized carbons (Fsp3) is 0.429. The lowest BCUT2D eigenvalue weighted by Gasteiger charge is -2.16. The highest BCUT2D eigenvalue weighted by Gasteiger charge is 1.95. The molecule has 0 aromatic carbocycles. The van der Waals surface area contributed by atoms with Crippen LogP contribution in [0.15, 0.2) is 24.0 Å². The molecule has 0 saturated carbocycles. The Kier molecular flexibility index (Phi) is 1.78. The summed E-state index contributed by atoms with van der Waals surface area (Å²) in [5.74, 6) is 0. The molecular weight excluding hydrogens is 112 g/mol. The van der Waals surface area contributed by atoms with Crippen LogP contribution >= 0.6 is 0 Å². The molecule has 2 nitrogen and oxygen atoms in total. The van der Waals surface area contributed by atoms with Crippen molar-refractivity contribution in [3.05, 3.63) is 24.0 Å². The molecule has 0 radical (unpaired) electrons. The van der Waals surface area contributed by atoms with E-state index in [2.05, 4.69) is 22.4 Å². The number of nitrogens with zero attached hydrogens (tertiary/aromatic N) is 1. The summed E-state index contributed by atoms with van der Waals surface area (Å²) in [6.07, 6.45) is 6.18. The zero-order chi connectivity index (χ0) is 6.69. The minimum absolute atomic E-state index is 0.948. The molecule has 0 bridgehead atoms. The first kappa shape index (κ1) is 6.20. The third-order valence-electron chi connectivity index (χ3n) is 1.32. The number of hydrogen-bond acceptors (Lipinski definition) is 2. The predicted molar refractivity (Wildman–Crippen MR) is 38.9 cm³/mol. The lowest BCUT2D eigenvalue weighted by Crippen LogP contribution is -2.16. The summed E-state index contributed by atoms with van der Waals surface area (Å²) < 4.78 is 0. The Morgan fingerprint density at radius 1 is 1.56 bits per heavy atom. The number of dihydropyridines is 1. The molecule has 50 valence electrons. The quantitative estimate of drug-likeness (QED) is 0.549. The summed E-state index contributed by atoms with van der Waals surface area (Å²) in [5, 5.41) is 3.09. The molecule has 0 unspecified atom stereocenters. The van der Waals surface area contributed by atoms with E-state index < -0.39 is 0 Å². The number of rotatable bonds is 1. The van der Waals surface area contributed by atoms with E-state index in [0.29, 0.717) is 0 Å². The number of likely N-dealkylation sites (N-methyl/N-ethyl adjacent to an activating group) is 1. The maximum atomic E-state index is 3.09. The van der Waals surface area contributed by atoms with Gasteiger partial charge in [0.25, 0.3) is 0 Å². The van der Waals surface area contributed by atoms with Gasteiger partial charge in [0.2, 0.25) is 0 Å². The highest BCUT2D eigenvalue weighted by atomic mass is 15.1. The van der Waals surface area contributed by atoms with E-state index in [1.807, 2.05) is 20.3 Å². The number of allylic oxidation sites excluding steroid dienone is 1. The molecule has 2 heteroatoms. The molecule has 0 amide bonds. The Morgan fingerprint density at radius 2 is 2.33 bits per heavy atom.